The second-order valence-corrected chi connectivity index (χ2v) is 1.58. The molecule has 0 N–H and O–H groups in total. The van der Waals surface area contributed by atoms with Crippen LogP contribution >= 0.6 is 0 Å². The Balaban J connectivity index is 0.000000640. The van der Waals surface area contributed by atoms with Crippen molar-refractivity contribution in [3.05, 3.63) is 0 Å². The molecule has 0 aromatic carbocycles. The van der Waals surface area contributed by atoms with Gasteiger partial charge in [0.25, 0.3) is 0 Å². The van der Waals surface area contributed by atoms with Gasteiger partial charge in [-0.2, -0.15) is 0 Å². The summed E-state index contributed by atoms with van der Waals surface area (Å²) in [5.74, 6) is 0. The molecule has 0 aromatic heterocycles. The first kappa shape index (κ1) is 9.43. The molecule has 1 rings (SSSR count). The van der Waals surface area contributed by atoms with Crippen LogP contribution in [0, 0.1) is 0 Å². The SMILES string of the molecule is CCON1C=NCC1.[NaH]. The second kappa shape index (κ2) is 5.23. The summed E-state index contributed by atoms with van der Waals surface area (Å²) in [6.45, 7) is 4.48. The van der Waals surface area contributed by atoms with Crippen molar-refractivity contribution < 1.29 is 4.84 Å². The van der Waals surface area contributed by atoms with Gasteiger partial charge in [0.1, 0.15) is 6.34 Å². The molecule has 0 saturated carbocycles. The van der Waals surface area contributed by atoms with E-state index < -0.39 is 0 Å². The molecule has 0 aliphatic carbocycles. The molecule has 3 nitrogen and oxygen atoms in total. The topological polar surface area (TPSA) is 24.8 Å². The van der Waals surface area contributed by atoms with E-state index in [9.17, 15) is 0 Å². The molecule has 0 aromatic rings. The third kappa shape index (κ3) is 3.20. The van der Waals surface area contributed by atoms with E-state index in [-0.39, 0.29) is 29.6 Å². The van der Waals surface area contributed by atoms with Crippen molar-refractivity contribution in [2.75, 3.05) is 19.7 Å². The van der Waals surface area contributed by atoms with Crippen molar-refractivity contribution in [2.45, 2.75) is 6.92 Å². The molecule has 0 saturated heterocycles. The summed E-state index contributed by atoms with van der Waals surface area (Å²) in [5, 5.41) is 1.75. The fraction of sp³-hybridized carbons (Fsp3) is 0.800. The van der Waals surface area contributed by atoms with Crippen LogP contribution in [0.2, 0.25) is 0 Å². The van der Waals surface area contributed by atoms with Gasteiger partial charge in [-0.15, -0.1) is 0 Å². The minimum absolute atomic E-state index is 0. The summed E-state index contributed by atoms with van der Waals surface area (Å²) in [5.41, 5.74) is 0. The van der Waals surface area contributed by atoms with Crippen LogP contribution in [0.1, 0.15) is 6.92 Å². The molecule has 0 unspecified atom stereocenters. The standard InChI is InChI=1S/C5H10N2O.Na.H/c1-2-8-7-4-3-6-5-7;;/h5H,2-4H2,1H3;;. The molecule has 0 fully saturated rings. The van der Waals surface area contributed by atoms with Gasteiger partial charge in [-0.1, -0.05) is 0 Å². The summed E-state index contributed by atoms with van der Waals surface area (Å²) >= 11 is 0. The normalized spacial score (nSPS) is 15.9. The Kier molecular flexibility index (Phi) is 5.48. The maximum atomic E-state index is 5.09. The molecule has 0 radical (unpaired) electrons. The molecule has 1 aliphatic rings. The molecule has 0 bridgehead atoms. The molecule has 1 heterocycles. The Morgan fingerprint density at radius 2 is 2.56 bits per heavy atom. The molecule has 0 amide bonds. The van der Waals surface area contributed by atoms with Gasteiger partial charge < -0.3 is 0 Å². The molecule has 0 spiro atoms. The molecule has 1 aliphatic heterocycles. The van der Waals surface area contributed by atoms with Gasteiger partial charge >= 0.3 is 29.6 Å². The third-order valence-electron chi connectivity index (χ3n) is 0.955. The Hall–Kier alpha value is 0.430. The zero-order valence-electron chi connectivity index (χ0n) is 5.00. The van der Waals surface area contributed by atoms with Crippen LogP contribution < -0.4 is 0 Å². The summed E-state index contributed by atoms with van der Waals surface area (Å²) in [6, 6.07) is 0. The van der Waals surface area contributed by atoms with Gasteiger partial charge in [0, 0.05) is 0 Å². The van der Waals surface area contributed by atoms with Crippen LogP contribution in [-0.2, 0) is 4.84 Å². The predicted molar refractivity (Wildman–Crippen MR) is 38.8 cm³/mol. The number of hydrogen-bond acceptors (Lipinski definition) is 3. The number of rotatable bonds is 2. The number of aliphatic imine (C=N–C) groups is 1. The van der Waals surface area contributed by atoms with Crippen LogP contribution in [0.15, 0.2) is 4.99 Å². The van der Waals surface area contributed by atoms with Gasteiger partial charge in [-0.25, -0.2) is 5.06 Å². The Morgan fingerprint density at radius 3 is 3.00 bits per heavy atom. The van der Waals surface area contributed by atoms with E-state index in [0.29, 0.717) is 0 Å². The first-order valence-corrected chi connectivity index (χ1v) is 2.83. The average molecular weight is 138 g/mol. The molecule has 0 atom stereocenters. The summed E-state index contributed by atoms with van der Waals surface area (Å²) in [7, 11) is 0. The maximum absolute atomic E-state index is 5.09. The quantitative estimate of drug-likeness (QED) is 0.486. The fourth-order valence-electron chi connectivity index (χ4n) is 0.627. The first-order chi connectivity index (χ1) is 3.93. The van der Waals surface area contributed by atoms with Crippen molar-refractivity contribution >= 4 is 35.9 Å². The van der Waals surface area contributed by atoms with Crippen molar-refractivity contribution in [2.24, 2.45) is 4.99 Å². The van der Waals surface area contributed by atoms with E-state index >= 15 is 0 Å². The van der Waals surface area contributed by atoms with Crippen LogP contribution in [-0.4, -0.2) is 60.7 Å². The molecule has 9 heavy (non-hydrogen) atoms. The zero-order valence-corrected chi connectivity index (χ0v) is 5.00. The van der Waals surface area contributed by atoms with Crippen molar-refractivity contribution in [1.82, 2.24) is 5.06 Å². The van der Waals surface area contributed by atoms with Gasteiger partial charge in [0.2, 0.25) is 0 Å². The molecular formula is C5H11N2NaO. The molecule has 48 valence electrons. The van der Waals surface area contributed by atoms with E-state index in [2.05, 4.69) is 4.99 Å². The first-order valence-electron chi connectivity index (χ1n) is 2.83. The number of hydroxylamine groups is 2. The Bertz CT molecular complexity index is 97.0. The molecular weight excluding hydrogens is 127 g/mol. The predicted octanol–water partition coefficient (Wildman–Crippen LogP) is -0.367. The third-order valence-corrected chi connectivity index (χ3v) is 0.955. The van der Waals surface area contributed by atoms with E-state index in [1.807, 2.05) is 6.92 Å². The van der Waals surface area contributed by atoms with Crippen molar-refractivity contribution in [3.63, 3.8) is 0 Å². The van der Waals surface area contributed by atoms with Crippen LogP contribution in [0.4, 0.5) is 0 Å². The Morgan fingerprint density at radius 1 is 1.78 bits per heavy atom. The van der Waals surface area contributed by atoms with E-state index in [1.54, 1.807) is 11.4 Å². The number of hydrogen-bond donors (Lipinski definition) is 0. The minimum atomic E-state index is 0. The summed E-state index contributed by atoms with van der Waals surface area (Å²) < 4.78 is 0. The average Bonchev–Trinajstić information content (AvgIpc) is 2.19. The zero-order chi connectivity index (χ0) is 5.82. The van der Waals surface area contributed by atoms with Gasteiger partial charge in [-0.3, -0.25) is 9.83 Å². The van der Waals surface area contributed by atoms with Gasteiger partial charge in [-0.05, 0) is 6.92 Å². The monoisotopic (exact) mass is 138 g/mol. The van der Waals surface area contributed by atoms with E-state index in [1.165, 1.54) is 0 Å². The second-order valence-electron chi connectivity index (χ2n) is 1.58. The number of nitrogens with zero attached hydrogens (tertiary/aromatic N) is 2. The van der Waals surface area contributed by atoms with Crippen molar-refractivity contribution in [3.8, 4) is 0 Å². The fourth-order valence-corrected chi connectivity index (χ4v) is 0.627. The van der Waals surface area contributed by atoms with Gasteiger partial charge in [0.05, 0.1) is 19.7 Å². The van der Waals surface area contributed by atoms with Gasteiger partial charge in [0.15, 0.2) is 0 Å². The van der Waals surface area contributed by atoms with Crippen LogP contribution in [0.3, 0.4) is 0 Å². The van der Waals surface area contributed by atoms with Crippen LogP contribution in [0.25, 0.3) is 0 Å². The summed E-state index contributed by atoms with van der Waals surface area (Å²) in [6.07, 6.45) is 1.73. The van der Waals surface area contributed by atoms with E-state index in [4.69, 9.17) is 4.84 Å². The Labute approximate surface area is 77.3 Å². The van der Waals surface area contributed by atoms with Crippen LogP contribution in [0.5, 0.6) is 0 Å². The van der Waals surface area contributed by atoms with E-state index in [0.717, 1.165) is 19.7 Å². The summed E-state index contributed by atoms with van der Waals surface area (Å²) in [4.78, 5) is 9.05. The van der Waals surface area contributed by atoms with Crippen molar-refractivity contribution in [1.29, 1.82) is 0 Å². The molecule has 4 heteroatoms.